The van der Waals surface area contributed by atoms with Crippen LogP contribution in [0.25, 0.3) is 0 Å². The molecule has 0 atom stereocenters. The third-order valence-electron chi connectivity index (χ3n) is 2.43. The summed E-state index contributed by atoms with van der Waals surface area (Å²) in [7, 11) is 0. The van der Waals surface area contributed by atoms with Gasteiger partial charge in [-0.25, -0.2) is 5.43 Å². The maximum atomic E-state index is 11.8. The molecule has 1 aromatic carbocycles. The molecule has 0 fully saturated rings. The molecular weight excluding hydrogens is 264 g/mol. The molecule has 0 aliphatic carbocycles. The van der Waals surface area contributed by atoms with Crippen molar-refractivity contribution in [3.63, 3.8) is 0 Å². The molecule has 3 N–H and O–H groups in total. The van der Waals surface area contributed by atoms with Crippen LogP contribution in [0.5, 0.6) is 5.75 Å². The Hall–Kier alpha value is -3.16. The zero-order chi connectivity index (χ0) is 14.5. The first-order valence-corrected chi connectivity index (χ1v) is 5.52. The van der Waals surface area contributed by atoms with Crippen LogP contribution in [0.15, 0.2) is 41.6 Å². The van der Waals surface area contributed by atoms with Crippen LogP contribution in [0.1, 0.15) is 16.1 Å². The van der Waals surface area contributed by atoms with E-state index in [1.54, 1.807) is 18.3 Å². The lowest BCUT2D eigenvalue weighted by molar-refractivity contribution is -0.384. The Labute approximate surface area is 112 Å². The first-order chi connectivity index (χ1) is 9.58. The normalized spacial score (nSPS) is 10.6. The second-order valence-electron chi connectivity index (χ2n) is 3.78. The summed E-state index contributed by atoms with van der Waals surface area (Å²) in [4.78, 5) is 24.6. The number of phenols is 1. The molecule has 2 aromatic rings. The van der Waals surface area contributed by atoms with Crippen LogP contribution in [-0.2, 0) is 0 Å². The van der Waals surface area contributed by atoms with Crippen molar-refractivity contribution in [3.8, 4) is 5.75 Å². The number of carbonyl (C=O) groups excluding carboxylic acids is 1. The average molecular weight is 274 g/mol. The number of non-ortho nitro benzene ring substituents is 1. The highest BCUT2D eigenvalue weighted by Crippen LogP contribution is 2.22. The van der Waals surface area contributed by atoms with Crippen LogP contribution >= 0.6 is 0 Å². The summed E-state index contributed by atoms with van der Waals surface area (Å²) in [6, 6.07) is 6.67. The molecule has 1 heterocycles. The average Bonchev–Trinajstić information content (AvgIpc) is 2.92. The fourth-order valence-corrected chi connectivity index (χ4v) is 1.46. The van der Waals surface area contributed by atoms with Gasteiger partial charge in [0.1, 0.15) is 5.75 Å². The molecule has 1 amide bonds. The second-order valence-corrected chi connectivity index (χ2v) is 3.78. The van der Waals surface area contributed by atoms with Crippen LogP contribution < -0.4 is 5.43 Å². The Morgan fingerprint density at radius 3 is 2.90 bits per heavy atom. The monoisotopic (exact) mass is 274 g/mol. The van der Waals surface area contributed by atoms with E-state index in [1.165, 1.54) is 6.21 Å². The van der Waals surface area contributed by atoms with Crippen LogP contribution in [0.3, 0.4) is 0 Å². The zero-order valence-electron chi connectivity index (χ0n) is 10.1. The van der Waals surface area contributed by atoms with Crippen molar-refractivity contribution in [1.82, 2.24) is 10.4 Å². The van der Waals surface area contributed by atoms with Gasteiger partial charge in [0.2, 0.25) is 0 Å². The van der Waals surface area contributed by atoms with Crippen LogP contribution in [0.4, 0.5) is 5.69 Å². The molecule has 0 saturated carbocycles. The number of nitro groups is 1. The number of hydrazone groups is 1. The summed E-state index contributed by atoms with van der Waals surface area (Å²) < 4.78 is 0. The minimum absolute atomic E-state index is 0.220. The van der Waals surface area contributed by atoms with Gasteiger partial charge in [0, 0.05) is 18.3 Å². The molecule has 0 aliphatic heterocycles. The molecule has 8 nitrogen and oxygen atoms in total. The quantitative estimate of drug-likeness (QED) is 0.443. The Balaban J connectivity index is 2.12. The summed E-state index contributed by atoms with van der Waals surface area (Å²) in [5.41, 5.74) is 2.34. The van der Waals surface area contributed by atoms with E-state index < -0.39 is 10.8 Å². The molecule has 8 heteroatoms. The lowest BCUT2D eigenvalue weighted by atomic mass is 10.1. The molecule has 1 aromatic heterocycles. The van der Waals surface area contributed by atoms with Crippen molar-refractivity contribution in [2.45, 2.75) is 0 Å². The molecule has 2 rings (SSSR count). The van der Waals surface area contributed by atoms with E-state index in [-0.39, 0.29) is 17.0 Å². The Bertz CT molecular complexity index is 664. The van der Waals surface area contributed by atoms with Crippen molar-refractivity contribution < 1.29 is 14.8 Å². The number of phenolic OH excluding ortho intramolecular Hbond substituents is 1. The minimum atomic E-state index is -0.742. The van der Waals surface area contributed by atoms with Crippen molar-refractivity contribution >= 4 is 17.8 Å². The summed E-state index contributed by atoms with van der Waals surface area (Å²) >= 11 is 0. The summed E-state index contributed by atoms with van der Waals surface area (Å²) in [5.74, 6) is -1.10. The first kappa shape index (κ1) is 13.3. The van der Waals surface area contributed by atoms with Crippen LogP contribution in [-0.4, -0.2) is 27.1 Å². The third kappa shape index (κ3) is 2.99. The zero-order valence-corrected chi connectivity index (χ0v) is 10.1. The second kappa shape index (κ2) is 5.65. The number of amides is 1. The van der Waals surface area contributed by atoms with Gasteiger partial charge in [-0.1, -0.05) is 0 Å². The van der Waals surface area contributed by atoms with Crippen molar-refractivity contribution in [2.24, 2.45) is 5.10 Å². The molecule has 0 bridgehead atoms. The first-order valence-electron chi connectivity index (χ1n) is 5.52. The van der Waals surface area contributed by atoms with Crippen molar-refractivity contribution in [1.29, 1.82) is 0 Å². The number of nitro benzene ring substituents is 1. The van der Waals surface area contributed by atoms with Crippen molar-refractivity contribution in [2.75, 3.05) is 0 Å². The SMILES string of the molecule is O=C(N/N=C\c1ccc[nH]1)c1cc([N+](=O)[O-])ccc1O. The lowest BCUT2D eigenvalue weighted by Gasteiger charge is -2.02. The standard InChI is InChI=1S/C12H10N4O4/c17-11-4-3-9(16(19)20)6-10(11)12(18)15-14-7-8-2-1-5-13-8/h1-7,13,17H,(H,15,18)/b14-7-. The van der Waals surface area contributed by atoms with E-state index in [0.29, 0.717) is 5.69 Å². The molecule has 0 radical (unpaired) electrons. The maximum Gasteiger partial charge on any atom is 0.275 e. The molecular formula is C12H10N4O4. The van der Waals surface area contributed by atoms with Gasteiger partial charge in [-0.15, -0.1) is 0 Å². The number of carbonyl (C=O) groups is 1. The molecule has 0 spiro atoms. The van der Waals surface area contributed by atoms with Crippen LogP contribution in [0, 0.1) is 10.1 Å². The number of benzene rings is 1. The highest BCUT2D eigenvalue weighted by atomic mass is 16.6. The molecule has 0 unspecified atom stereocenters. The van der Waals surface area contributed by atoms with E-state index in [9.17, 15) is 20.0 Å². The van der Waals surface area contributed by atoms with E-state index in [1.807, 2.05) is 0 Å². The molecule has 0 saturated heterocycles. The number of hydrogen-bond acceptors (Lipinski definition) is 5. The number of aromatic hydroxyl groups is 1. The highest BCUT2D eigenvalue weighted by molar-refractivity contribution is 5.97. The lowest BCUT2D eigenvalue weighted by Crippen LogP contribution is -2.18. The number of H-pyrrole nitrogens is 1. The fourth-order valence-electron chi connectivity index (χ4n) is 1.46. The minimum Gasteiger partial charge on any atom is -0.507 e. The third-order valence-corrected chi connectivity index (χ3v) is 2.43. The molecule has 0 aliphatic rings. The van der Waals surface area contributed by atoms with Gasteiger partial charge in [0.05, 0.1) is 22.4 Å². The van der Waals surface area contributed by atoms with Crippen molar-refractivity contribution in [3.05, 3.63) is 57.9 Å². The van der Waals surface area contributed by atoms with Gasteiger partial charge < -0.3 is 10.1 Å². The fraction of sp³-hybridized carbons (Fsp3) is 0. The number of aromatic nitrogens is 1. The topological polar surface area (TPSA) is 121 Å². The number of rotatable bonds is 4. The smallest absolute Gasteiger partial charge is 0.275 e. The van der Waals surface area contributed by atoms with E-state index >= 15 is 0 Å². The van der Waals surface area contributed by atoms with Gasteiger partial charge in [-0.3, -0.25) is 14.9 Å². The van der Waals surface area contributed by atoms with Gasteiger partial charge in [-0.05, 0) is 18.2 Å². The predicted molar refractivity (Wildman–Crippen MR) is 70.6 cm³/mol. The van der Waals surface area contributed by atoms with Gasteiger partial charge >= 0.3 is 0 Å². The number of hydrogen-bond donors (Lipinski definition) is 3. The Morgan fingerprint density at radius 1 is 1.45 bits per heavy atom. The number of nitrogens with zero attached hydrogens (tertiary/aromatic N) is 2. The summed E-state index contributed by atoms with van der Waals surface area (Å²) in [6.45, 7) is 0. The highest BCUT2D eigenvalue weighted by Gasteiger charge is 2.15. The van der Waals surface area contributed by atoms with Gasteiger partial charge in [-0.2, -0.15) is 5.10 Å². The number of aromatic amines is 1. The number of nitrogens with one attached hydrogen (secondary N) is 2. The predicted octanol–water partition coefficient (Wildman–Crippen LogP) is 1.39. The van der Waals surface area contributed by atoms with E-state index in [4.69, 9.17) is 0 Å². The summed E-state index contributed by atoms with van der Waals surface area (Å²) in [5, 5.41) is 23.8. The maximum absolute atomic E-state index is 11.8. The van der Waals surface area contributed by atoms with Crippen LogP contribution in [0.2, 0.25) is 0 Å². The van der Waals surface area contributed by atoms with E-state index in [2.05, 4.69) is 15.5 Å². The van der Waals surface area contributed by atoms with Gasteiger partial charge in [0.25, 0.3) is 11.6 Å². The van der Waals surface area contributed by atoms with Gasteiger partial charge in [0.15, 0.2) is 0 Å². The summed E-state index contributed by atoms with van der Waals surface area (Å²) in [6.07, 6.45) is 3.06. The largest absolute Gasteiger partial charge is 0.507 e. The molecule has 102 valence electrons. The Kier molecular flexibility index (Phi) is 3.75. The Morgan fingerprint density at radius 2 is 2.25 bits per heavy atom. The molecule has 20 heavy (non-hydrogen) atoms. The van der Waals surface area contributed by atoms with E-state index in [0.717, 1.165) is 18.2 Å².